The van der Waals surface area contributed by atoms with E-state index in [1.165, 1.54) is 6.20 Å². The number of carbonyl (C=O) groups excluding carboxylic acids is 2. The lowest BCUT2D eigenvalue weighted by molar-refractivity contribution is 0.0526. The standard InChI is InChI=1S/C26H29N5O4/c1-3-31-13-12-18-14-19(10-11-20(18)24(31)33)28-26-27-15-21(25(34)35-4-2)23(30-26)29-22(16-32)17-8-6-5-7-9-17/h5-11,14-15,22,32H,3-4,12-13,16H2,1-2H3,(H2,27,28,29,30)/t22-/m1/s1. The van der Waals surface area contributed by atoms with E-state index in [0.717, 1.165) is 23.2 Å². The summed E-state index contributed by atoms with van der Waals surface area (Å²) >= 11 is 0. The first-order valence-corrected chi connectivity index (χ1v) is 11.7. The molecule has 9 heteroatoms. The number of aliphatic hydroxyl groups is 1. The molecule has 0 saturated heterocycles. The van der Waals surface area contributed by atoms with Gasteiger partial charge in [0.25, 0.3) is 5.91 Å². The highest BCUT2D eigenvalue weighted by Crippen LogP contribution is 2.26. The monoisotopic (exact) mass is 475 g/mol. The Bertz CT molecular complexity index is 1200. The van der Waals surface area contributed by atoms with Gasteiger partial charge in [0.05, 0.1) is 19.3 Å². The number of hydrogen-bond donors (Lipinski definition) is 3. The summed E-state index contributed by atoms with van der Waals surface area (Å²) in [4.78, 5) is 35.7. The van der Waals surface area contributed by atoms with Crippen molar-refractivity contribution in [2.45, 2.75) is 26.3 Å². The number of ether oxygens (including phenoxy) is 1. The van der Waals surface area contributed by atoms with Gasteiger partial charge in [-0.05, 0) is 49.6 Å². The van der Waals surface area contributed by atoms with Crippen molar-refractivity contribution >= 4 is 29.3 Å². The number of benzene rings is 2. The van der Waals surface area contributed by atoms with Gasteiger partial charge < -0.3 is 25.4 Å². The number of likely N-dealkylation sites (N-methyl/N-ethyl adjacent to an activating group) is 1. The molecular weight excluding hydrogens is 446 g/mol. The van der Waals surface area contributed by atoms with Crippen molar-refractivity contribution in [3.05, 3.63) is 77.0 Å². The summed E-state index contributed by atoms with van der Waals surface area (Å²) in [5.41, 5.74) is 3.42. The van der Waals surface area contributed by atoms with E-state index in [9.17, 15) is 14.7 Å². The lowest BCUT2D eigenvalue weighted by Crippen LogP contribution is -2.37. The number of esters is 1. The summed E-state index contributed by atoms with van der Waals surface area (Å²) in [7, 11) is 0. The zero-order valence-corrected chi connectivity index (χ0v) is 19.8. The van der Waals surface area contributed by atoms with Crippen LogP contribution < -0.4 is 10.6 Å². The number of rotatable bonds is 9. The van der Waals surface area contributed by atoms with E-state index in [1.54, 1.807) is 6.92 Å². The Hall–Kier alpha value is -3.98. The summed E-state index contributed by atoms with van der Waals surface area (Å²) in [6, 6.07) is 14.5. The molecule has 0 bridgehead atoms. The van der Waals surface area contributed by atoms with Gasteiger partial charge in [-0.15, -0.1) is 0 Å². The molecule has 0 spiro atoms. The molecule has 182 valence electrons. The lowest BCUT2D eigenvalue weighted by atomic mass is 9.98. The number of nitrogens with one attached hydrogen (secondary N) is 2. The SMILES string of the molecule is CCOC(=O)c1cnc(Nc2ccc3c(c2)CCN(CC)C3=O)nc1N[C@H](CO)c1ccccc1. The molecule has 0 aliphatic carbocycles. The van der Waals surface area contributed by atoms with Crippen molar-refractivity contribution in [1.82, 2.24) is 14.9 Å². The van der Waals surface area contributed by atoms with E-state index in [2.05, 4.69) is 20.6 Å². The largest absolute Gasteiger partial charge is 0.462 e. The van der Waals surface area contributed by atoms with Gasteiger partial charge in [0.15, 0.2) is 0 Å². The van der Waals surface area contributed by atoms with Crippen LogP contribution in [0.3, 0.4) is 0 Å². The maximum Gasteiger partial charge on any atom is 0.343 e. The molecule has 0 saturated carbocycles. The highest BCUT2D eigenvalue weighted by molar-refractivity contribution is 5.97. The average Bonchev–Trinajstić information content (AvgIpc) is 2.88. The Morgan fingerprint density at radius 3 is 2.71 bits per heavy atom. The van der Waals surface area contributed by atoms with Crippen LogP contribution in [0, 0.1) is 0 Å². The van der Waals surface area contributed by atoms with Crippen LogP contribution in [0.15, 0.2) is 54.7 Å². The number of carbonyl (C=O) groups is 2. The minimum Gasteiger partial charge on any atom is -0.462 e. The molecule has 1 aliphatic rings. The predicted octanol–water partition coefficient (Wildman–Crippen LogP) is 3.56. The smallest absolute Gasteiger partial charge is 0.343 e. The van der Waals surface area contributed by atoms with Crippen molar-refractivity contribution in [3.63, 3.8) is 0 Å². The first kappa shape index (κ1) is 24.2. The fraction of sp³-hybridized carbons (Fsp3) is 0.308. The van der Waals surface area contributed by atoms with Crippen LogP contribution in [0.25, 0.3) is 0 Å². The molecule has 2 heterocycles. The summed E-state index contributed by atoms with van der Waals surface area (Å²) < 4.78 is 5.16. The summed E-state index contributed by atoms with van der Waals surface area (Å²) in [6.07, 6.45) is 2.17. The summed E-state index contributed by atoms with van der Waals surface area (Å²) in [5.74, 6) is -0.00462. The van der Waals surface area contributed by atoms with E-state index < -0.39 is 12.0 Å². The quantitative estimate of drug-likeness (QED) is 0.402. The molecular formula is C26H29N5O4. The number of fused-ring (bicyclic) bond motifs is 1. The van der Waals surface area contributed by atoms with E-state index in [1.807, 2.05) is 60.4 Å². The highest BCUT2D eigenvalue weighted by atomic mass is 16.5. The van der Waals surface area contributed by atoms with Crippen LogP contribution in [-0.4, -0.2) is 58.2 Å². The van der Waals surface area contributed by atoms with Gasteiger partial charge in [0, 0.05) is 30.5 Å². The second kappa shape index (κ2) is 11.0. The number of anilines is 3. The molecule has 0 unspecified atom stereocenters. The minimum atomic E-state index is -0.556. The van der Waals surface area contributed by atoms with Gasteiger partial charge in [0.1, 0.15) is 11.4 Å². The van der Waals surface area contributed by atoms with Crippen molar-refractivity contribution in [2.75, 3.05) is 36.9 Å². The van der Waals surface area contributed by atoms with Crippen LogP contribution in [0.4, 0.5) is 17.5 Å². The third kappa shape index (κ3) is 5.41. The van der Waals surface area contributed by atoms with Gasteiger partial charge in [0.2, 0.25) is 5.95 Å². The molecule has 3 aromatic rings. The maximum absolute atomic E-state index is 12.6. The third-order valence-electron chi connectivity index (χ3n) is 5.89. The second-order valence-electron chi connectivity index (χ2n) is 8.10. The molecule has 4 rings (SSSR count). The molecule has 2 aromatic carbocycles. The van der Waals surface area contributed by atoms with Crippen molar-refractivity contribution in [2.24, 2.45) is 0 Å². The van der Waals surface area contributed by atoms with E-state index >= 15 is 0 Å². The molecule has 1 amide bonds. The number of aromatic nitrogens is 2. The van der Waals surface area contributed by atoms with Gasteiger partial charge in [-0.3, -0.25) is 4.79 Å². The summed E-state index contributed by atoms with van der Waals surface area (Å²) in [5, 5.41) is 16.3. The van der Waals surface area contributed by atoms with Crippen molar-refractivity contribution < 1.29 is 19.4 Å². The molecule has 3 N–H and O–H groups in total. The van der Waals surface area contributed by atoms with Gasteiger partial charge in [-0.25, -0.2) is 9.78 Å². The molecule has 1 aromatic heterocycles. The third-order valence-corrected chi connectivity index (χ3v) is 5.89. The molecule has 1 atom stereocenters. The average molecular weight is 476 g/mol. The topological polar surface area (TPSA) is 117 Å². The number of hydrogen-bond acceptors (Lipinski definition) is 8. The Kier molecular flexibility index (Phi) is 7.57. The maximum atomic E-state index is 12.6. The summed E-state index contributed by atoms with van der Waals surface area (Å²) in [6.45, 7) is 5.08. The second-order valence-corrected chi connectivity index (χ2v) is 8.10. The van der Waals surface area contributed by atoms with Crippen LogP contribution >= 0.6 is 0 Å². The van der Waals surface area contributed by atoms with Crippen LogP contribution in [0.5, 0.6) is 0 Å². The van der Waals surface area contributed by atoms with Crippen LogP contribution in [0.2, 0.25) is 0 Å². The Balaban J connectivity index is 1.61. The fourth-order valence-electron chi connectivity index (χ4n) is 4.04. The first-order valence-electron chi connectivity index (χ1n) is 11.7. The molecule has 0 radical (unpaired) electrons. The van der Waals surface area contributed by atoms with Gasteiger partial charge >= 0.3 is 5.97 Å². The normalized spacial score (nSPS) is 13.7. The Labute approximate surface area is 204 Å². The number of nitrogens with zero attached hydrogens (tertiary/aromatic N) is 3. The Morgan fingerprint density at radius 1 is 1.20 bits per heavy atom. The van der Waals surface area contributed by atoms with E-state index in [-0.39, 0.29) is 36.5 Å². The highest BCUT2D eigenvalue weighted by Gasteiger charge is 2.24. The van der Waals surface area contributed by atoms with Crippen molar-refractivity contribution in [1.29, 1.82) is 0 Å². The van der Waals surface area contributed by atoms with Gasteiger partial charge in [-0.2, -0.15) is 4.98 Å². The van der Waals surface area contributed by atoms with Crippen LogP contribution in [0.1, 0.15) is 51.7 Å². The molecule has 1 aliphatic heterocycles. The molecule has 35 heavy (non-hydrogen) atoms. The van der Waals surface area contributed by atoms with Crippen LogP contribution in [-0.2, 0) is 11.2 Å². The Morgan fingerprint density at radius 2 is 2.00 bits per heavy atom. The molecule has 0 fully saturated rings. The van der Waals surface area contributed by atoms with Gasteiger partial charge in [-0.1, -0.05) is 30.3 Å². The molecule has 9 nitrogen and oxygen atoms in total. The fourth-order valence-corrected chi connectivity index (χ4v) is 4.04. The minimum absolute atomic E-state index is 0.0396. The predicted molar refractivity (Wildman–Crippen MR) is 133 cm³/mol. The van der Waals surface area contributed by atoms with E-state index in [0.29, 0.717) is 18.7 Å². The zero-order valence-electron chi connectivity index (χ0n) is 19.8. The zero-order chi connectivity index (χ0) is 24.8. The first-order chi connectivity index (χ1) is 17.0. The number of aliphatic hydroxyl groups excluding tert-OH is 1. The van der Waals surface area contributed by atoms with Crippen molar-refractivity contribution in [3.8, 4) is 0 Å². The lowest BCUT2D eigenvalue weighted by Gasteiger charge is -2.27. The number of amides is 1. The van der Waals surface area contributed by atoms with E-state index in [4.69, 9.17) is 4.74 Å².